The van der Waals surface area contributed by atoms with E-state index in [1.165, 1.54) is 18.4 Å². The molecule has 182 valence electrons. The molecule has 2 N–H and O–H groups in total. The lowest BCUT2D eigenvalue weighted by Crippen LogP contribution is -2.44. The van der Waals surface area contributed by atoms with Gasteiger partial charge in [0.1, 0.15) is 18.0 Å². The van der Waals surface area contributed by atoms with E-state index in [-0.39, 0.29) is 5.91 Å². The first kappa shape index (κ1) is 23.1. The lowest BCUT2D eigenvalue weighted by molar-refractivity contribution is -0.122. The van der Waals surface area contributed by atoms with Crippen molar-refractivity contribution in [1.29, 1.82) is 0 Å². The van der Waals surface area contributed by atoms with Crippen molar-refractivity contribution < 1.29 is 4.79 Å². The Morgan fingerprint density at radius 1 is 0.912 bits per heavy atom. The van der Waals surface area contributed by atoms with Gasteiger partial charge in [-0.2, -0.15) is 0 Å². The van der Waals surface area contributed by atoms with Gasteiger partial charge in [0, 0.05) is 57.3 Å². The molecule has 2 aromatic rings. The Kier molecular flexibility index (Phi) is 7.59. The van der Waals surface area contributed by atoms with Gasteiger partial charge in [0.2, 0.25) is 5.91 Å². The van der Waals surface area contributed by atoms with Crippen LogP contribution >= 0.6 is 0 Å². The largest absolute Gasteiger partial charge is 0.367 e. The van der Waals surface area contributed by atoms with Crippen molar-refractivity contribution in [3.63, 3.8) is 0 Å². The lowest BCUT2D eigenvalue weighted by Gasteiger charge is -2.33. The number of aromatic nitrogens is 2. The van der Waals surface area contributed by atoms with Crippen molar-refractivity contribution in [2.45, 2.75) is 70.0 Å². The van der Waals surface area contributed by atoms with Gasteiger partial charge in [-0.1, -0.05) is 30.3 Å². The fraction of sp³-hybridized carbons (Fsp3) is 0.593. The maximum absolute atomic E-state index is 12.6. The molecule has 0 spiro atoms. The number of amides is 1. The van der Waals surface area contributed by atoms with Crippen molar-refractivity contribution >= 4 is 17.5 Å². The summed E-state index contributed by atoms with van der Waals surface area (Å²) in [5, 5.41) is 6.76. The number of rotatable bonds is 9. The Bertz CT molecular complexity index is 918. The molecule has 3 aliphatic rings. The van der Waals surface area contributed by atoms with Gasteiger partial charge in [0.15, 0.2) is 0 Å². The molecule has 3 heterocycles. The summed E-state index contributed by atoms with van der Waals surface area (Å²) in [5.41, 5.74) is 1.37. The lowest BCUT2D eigenvalue weighted by atomic mass is 9.92. The average Bonchev–Trinajstić information content (AvgIpc) is 3.69. The molecule has 7 nitrogen and oxygen atoms in total. The first-order valence-electron chi connectivity index (χ1n) is 13.1. The number of carbonyl (C=O) groups is 1. The second-order valence-corrected chi connectivity index (χ2v) is 10.3. The minimum Gasteiger partial charge on any atom is -0.367 e. The smallest absolute Gasteiger partial charge is 0.220 e. The predicted octanol–water partition coefficient (Wildman–Crippen LogP) is 3.83. The zero-order valence-corrected chi connectivity index (χ0v) is 20.2. The van der Waals surface area contributed by atoms with Gasteiger partial charge < -0.3 is 15.5 Å². The van der Waals surface area contributed by atoms with Crippen LogP contribution in [-0.4, -0.2) is 59.0 Å². The molecule has 0 atom stereocenters. The van der Waals surface area contributed by atoms with Crippen molar-refractivity contribution in [3.05, 3.63) is 48.3 Å². The van der Waals surface area contributed by atoms with Crippen LogP contribution in [0.4, 0.5) is 11.6 Å². The number of piperidine rings is 2. The molecule has 0 unspecified atom stereocenters. The Morgan fingerprint density at radius 2 is 1.68 bits per heavy atom. The number of anilines is 2. The highest BCUT2D eigenvalue weighted by atomic mass is 16.1. The zero-order chi connectivity index (χ0) is 23.2. The topological polar surface area (TPSA) is 73.4 Å². The maximum atomic E-state index is 12.6. The highest BCUT2D eigenvalue weighted by molar-refractivity contribution is 5.76. The highest BCUT2D eigenvalue weighted by Gasteiger charge is 2.25. The SMILES string of the molecule is O=C(CCC1CCN(c2cc(NC3CC3)ncn2)CC1)NC1CCN(Cc2ccccc2)CC1. The minimum absolute atomic E-state index is 0.232. The van der Waals surface area contributed by atoms with Crippen molar-refractivity contribution in [2.24, 2.45) is 5.92 Å². The fourth-order valence-electron chi connectivity index (χ4n) is 5.20. The van der Waals surface area contributed by atoms with Crippen molar-refractivity contribution in [2.75, 3.05) is 36.4 Å². The molecule has 1 aromatic heterocycles. The monoisotopic (exact) mass is 462 g/mol. The number of hydrogen-bond donors (Lipinski definition) is 2. The summed E-state index contributed by atoms with van der Waals surface area (Å²) in [6.45, 7) is 5.13. The van der Waals surface area contributed by atoms with Gasteiger partial charge in [-0.15, -0.1) is 0 Å². The first-order chi connectivity index (χ1) is 16.7. The Balaban J connectivity index is 0.978. The first-order valence-corrected chi connectivity index (χ1v) is 13.1. The van der Waals surface area contributed by atoms with Crippen LogP contribution in [0.5, 0.6) is 0 Å². The molecule has 1 aliphatic carbocycles. The van der Waals surface area contributed by atoms with Gasteiger partial charge in [0.05, 0.1) is 0 Å². The molecule has 2 aliphatic heterocycles. The summed E-state index contributed by atoms with van der Waals surface area (Å²) in [5.74, 6) is 2.82. The van der Waals surface area contributed by atoms with Gasteiger partial charge in [-0.25, -0.2) is 9.97 Å². The Morgan fingerprint density at radius 3 is 2.41 bits per heavy atom. The standard InChI is InChI=1S/C27H38N6O/c34-27(31-24-12-14-32(15-13-24)19-22-4-2-1-3-5-22)9-6-21-10-16-33(17-11-21)26-18-25(28-20-29-26)30-23-7-8-23/h1-5,18,20-21,23-24H,6-17,19H2,(H,31,34)(H,28,29,30). The third-order valence-corrected chi connectivity index (χ3v) is 7.50. The molecule has 5 rings (SSSR count). The van der Waals surface area contributed by atoms with Crippen LogP contribution < -0.4 is 15.5 Å². The molecule has 3 fully saturated rings. The van der Waals surface area contributed by atoms with Crippen LogP contribution in [0.15, 0.2) is 42.7 Å². The van der Waals surface area contributed by atoms with E-state index in [1.807, 2.05) is 0 Å². The Labute approximate surface area is 203 Å². The molecular weight excluding hydrogens is 424 g/mol. The van der Waals surface area contributed by atoms with E-state index >= 15 is 0 Å². The van der Waals surface area contributed by atoms with Crippen LogP contribution in [0.2, 0.25) is 0 Å². The van der Waals surface area contributed by atoms with Crippen LogP contribution in [0.3, 0.4) is 0 Å². The van der Waals surface area contributed by atoms with Gasteiger partial charge in [0.25, 0.3) is 0 Å². The van der Waals surface area contributed by atoms with Crippen LogP contribution in [0.1, 0.15) is 56.9 Å². The third-order valence-electron chi connectivity index (χ3n) is 7.50. The van der Waals surface area contributed by atoms with Crippen LogP contribution in [-0.2, 0) is 11.3 Å². The van der Waals surface area contributed by atoms with E-state index in [2.05, 4.69) is 66.8 Å². The molecule has 1 amide bonds. The molecule has 1 saturated carbocycles. The van der Waals surface area contributed by atoms with Crippen LogP contribution in [0, 0.1) is 5.92 Å². The number of likely N-dealkylation sites (tertiary alicyclic amines) is 1. The van der Waals surface area contributed by atoms with E-state index in [0.717, 1.165) is 76.5 Å². The summed E-state index contributed by atoms with van der Waals surface area (Å²) >= 11 is 0. The second kappa shape index (κ2) is 11.2. The molecule has 2 saturated heterocycles. The molecular formula is C27H38N6O. The second-order valence-electron chi connectivity index (χ2n) is 10.3. The molecule has 0 bridgehead atoms. The predicted molar refractivity (Wildman–Crippen MR) is 136 cm³/mol. The van der Waals surface area contributed by atoms with E-state index < -0.39 is 0 Å². The van der Waals surface area contributed by atoms with Crippen molar-refractivity contribution in [3.8, 4) is 0 Å². The summed E-state index contributed by atoms with van der Waals surface area (Å²) in [7, 11) is 0. The van der Waals surface area contributed by atoms with E-state index in [0.29, 0.717) is 24.4 Å². The quantitative estimate of drug-likeness (QED) is 0.590. The Hall–Kier alpha value is -2.67. The number of benzene rings is 1. The van der Waals surface area contributed by atoms with Gasteiger partial charge >= 0.3 is 0 Å². The number of hydrogen-bond acceptors (Lipinski definition) is 6. The van der Waals surface area contributed by atoms with E-state index in [4.69, 9.17) is 0 Å². The summed E-state index contributed by atoms with van der Waals surface area (Å²) in [6, 6.07) is 13.7. The normalized spacial score (nSPS) is 20.3. The zero-order valence-electron chi connectivity index (χ0n) is 20.2. The van der Waals surface area contributed by atoms with Crippen molar-refractivity contribution in [1.82, 2.24) is 20.2 Å². The maximum Gasteiger partial charge on any atom is 0.220 e. The van der Waals surface area contributed by atoms with E-state index in [9.17, 15) is 4.79 Å². The van der Waals surface area contributed by atoms with E-state index in [1.54, 1.807) is 6.33 Å². The highest BCUT2D eigenvalue weighted by Crippen LogP contribution is 2.28. The van der Waals surface area contributed by atoms with Gasteiger partial charge in [-0.05, 0) is 56.4 Å². The number of carbonyl (C=O) groups excluding carboxylic acids is 1. The number of nitrogens with zero attached hydrogens (tertiary/aromatic N) is 4. The molecule has 1 aromatic carbocycles. The van der Waals surface area contributed by atoms with Gasteiger partial charge in [-0.3, -0.25) is 9.69 Å². The molecule has 7 heteroatoms. The molecule has 0 radical (unpaired) electrons. The molecule has 34 heavy (non-hydrogen) atoms. The average molecular weight is 463 g/mol. The summed E-state index contributed by atoms with van der Waals surface area (Å²) in [6.07, 6.45) is 10.1. The van der Waals surface area contributed by atoms with Crippen LogP contribution in [0.25, 0.3) is 0 Å². The summed E-state index contributed by atoms with van der Waals surface area (Å²) < 4.78 is 0. The fourth-order valence-corrected chi connectivity index (χ4v) is 5.20. The third kappa shape index (κ3) is 6.69. The number of nitrogens with one attached hydrogen (secondary N) is 2. The summed E-state index contributed by atoms with van der Waals surface area (Å²) in [4.78, 5) is 26.3. The minimum atomic E-state index is 0.232.